The van der Waals surface area contributed by atoms with Crippen molar-refractivity contribution in [3.8, 4) is 11.3 Å². The number of anilines is 2. The molecule has 0 aliphatic carbocycles. The normalized spacial score (nSPS) is 12.6. The molecule has 3 aromatic rings. The summed E-state index contributed by atoms with van der Waals surface area (Å²) in [7, 11) is 0. The molecule has 2 aromatic carbocycles. The Bertz CT molecular complexity index is 1070. The fourth-order valence-electron chi connectivity index (χ4n) is 2.78. The minimum atomic E-state index is -4.51. The number of thiazole rings is 1. The van der Waals surface area contributed by atoms with Crippen LogP contribution >= 0.6 is 22.9 Å². The van der Waals surface area contributed by atoms with E-state index in [9.17, 15) is 22.4 Å². The number of hydrogen-bond donors (Lipinski definition) is 2. The third-order valence-electron chi connectivity index (χ3n) is 4.43. The van der Waals surface area contributed by atoms with Gasteiger partial charge in [-0.3, -0.25) is 4.79 Å². The highest BCUT2D eigenvalue weighted by molar-refractivity contribution is 7.14. The van der Waals surface area contributed by atoms with E-state index in [4.69, 9.17) is 11.6 Å². The maximum Gasteiger partial charge on any atom is 0.416 e. The van der Waals surface area contributed by atoms with Crippen LogP contribution in [0, 0.1) is 11.7 Å². The van der Waals surface area contributed by atoms with Crippen LogP contribution in [-0.2, 0) is 11.0 Å². The fourth-order valence-corrected chi connectivity index (χ4v) is 3.74. The van der Waals surface area contributed by atoms with Crippen LogP contribution in [-0.4, -0.2) is 16.9 Å². The first-order chi connectivity index (χ1) is 14.5. The lowest BCUT2D eigenvalue weighted by molar-refractivity contribution is -0.137. The average molecular weight is 472 g/mol. The molecule has 1 atom stereocenters. The summed E-state index contributed by atoms with van der Waals surface area (Å²) in [5.74, 6) is -0.971. The van der Waals surface area contributed by atoms with Crippen LogP contribution in [0.4, 0.5) is 28.4 Å². The van der Waals surface area contributed by atoms with E-state index < -0.39 is 23.7 Å². The maximum atomic E-state index is 13.1. The Morgan fingerprint density at radius 1 is 1.13 bits per heavy atom. The molecule has 0 fully saturated rings. The monoisotopic (exact) mass is 471 g/mol. The van der Waals surface area contributed by atoms with Crippen molar-refractivity contribution in [3.63, 3.8) is 0 Å². The number of nitrogens with zero attached hydrogens (tertiary/aromatic N) is 1. The van der Waals surface area contributed by atoms with Crippen LogP contribution in [0.3, 0.4) is 0 Å². The van der Waals surface area contributed by atoms with Gasteiger partial charge in [0.1, 0.15) is 11.9 Å². The molecule has 1 amide bonds. The molecule has 1 aromatic heterocycles. The van der Waals surface area contributed by atoms with Crippen LogP contribution < -0.4 is 10.6 Å². The second kappa shape index (κ2) is 9.23. The molecule has 0 saturated carbocycles. The Kier molecular flexibility index (Phi) is 6.86. The number of carbonyl (C=O) groups is 1. The Hall–Kier alpha value is -2.65. The van der Waals surface area contributed by atoms with E-state index in [1.54, 1.807) is 31.4 Å². The van der Waals surface area contributed by atoms with Gasteiger partial charge in [-0.05, 0) is 48.4 Å². The molecule has 0 unspecified atom stereocenters. The number of rotatable bonds is 6. The van der Waals surface area contributed by atoms with Gasteiger partial charge >= 0.3 is 6.18 Å². The summed E-state index contributed by atoms with van der Waals surface area (Å²) in [6.45, 7) is 3.59. The van der Waals surface area contributed by atoms with Gasteiger partial charge in [-0.2, -0.15) is 13.2 Å². The first-order valence-electron chi connectivity index (χ1n) is 9.20. The number of hydrogen-bond acceptors (Lipinski definition) is 4. The molecule has 4 nitrogen and oxygen atoms in total. The quantitative estimate of drug-likeness (QED) is 0.393. The van der Waals surface area contributed by atoms with Crippen molar-refractivity contribution >= 4 is 39.7 Å². The number of carbonyl (C=O) groups excluding carboxylic acids is 1. The summed E-state index contributed by atoms with van der Waals surface area (Å²) in [6, 6.07) is 7.95. The molecule has 3 rings (SSSR count). The average Bonchev–Trinajstić information content (AvgIpc) is 3.14. The Labute approximate surface area is 185 Å². The van der Waals surface area contributed by atoms with Gasteiger partial charge in [0.05, 0.1) is 22.0 Å². The Balaban J connectivity index is 1.74. The van der Waals surface area contributed by atoms with E-state index in [0.29, 0.717) is 16.4 Å². The molecule has 0 saturated heterocycles. The summed E-state index contributed by atoms with van der Waals surface area (Å²) in [5.41, 5.74) is 0.632. The zero-order chi connectivity index (χ0) is 22.8. The van der Waals surface area contributed by atoms with Gasteiger partial charge in [0, 0.05) is 10.9 Å². The molecule has 0 aliphatic rings. The molecule has 0 spiro atoms. The summed E-state index contributed by atoms with van der Waals surface area (Å²) in [4.78, 5) is 17.1. The topological polar surface area (TPSA) is 54.0 Å². The van der Waals surface area contributed by atoms with Gasteiger partial charge in [0.2, 0.25) is 5.91 Å². The fraction of sp³-hybridized carbons (Fsp3) is 0.238. The zero-order valence-corrected chi connectivity index (χ0v) is 18.0. The molecular weight excluding hydrogens is 454 g/mol. The predicted octanol–water partition coefficient (Wildman–Crippen LogP) is 6.70. The number of alkyl halides is 3. The first kappa shape index (κ1) is 23.0. The number of halogens is 5. The van der Waals surface area contributed by atoms with Crippen molar-refractivity contribution in [3.05, 3.63) is 64.2 Å². The van der Waals surface area contributed by atoms with E-state index in [1.807, 2.05) is 0 Å². The van der Waals surface area contributed by atoms with E-state index in [-0.39, 0.29) is 22.4 Å². The van der Waals surface area contributed by atoms with Crippen molar-refractivity contribution in [2.24, 2.45) is 5.92 Å². The molecule has 1 heterocycles. The number of nitrogens with one attached hydrogen (secondary N) is 2. The van der Waals surface area contributed by atoms with Crippen LogP contribution in [0.1, 0.15) is 19.4 Å². The zero-order valence-electron chi connectivity index (χ0n) is 16.4. The Morgan fingerprint density at radius 3 is 2.39 bits per heavy atom. The van der Waals surface area contributed by atoms with Gasteiger partial charge in [0.15, 0.2) is 5.13 Å². The van der Waals surface area contributed by atoms with E-state index in [1.165, 1.54) is 29.5 Å². The van der Waals surface area contributed by atoms with Gasteiger partial charge in [-0.1, -0.05) is 25.4 Å². The van der Waals surface area contributed by atoms with E-state index in [2.05, 4.69) is 15.6 Å². The highest BCUT2D eigenvalue weighted by Gasteiger charge is 2.31. The van der Waals surface area contributed by atoms with Gasteiger partial charge in [-0.25, -0.2) is 9.37 Å². The third-order valence-corrected chi connectivity index (χ3v) is 5.50. The second-order valence-electron chi connectivity index (χ2n) is 7.09. The van der Waals surface area contributed by atoms with Crippen LogP contribution in [0.15, 0.2) is 47.8 Å². The largest absolute Gasteiger partial charge is 0.416 e. The molecule has 2 N–H and O–H groups in total. The predicted molar refractivity (Wildman–Crippen MR) is 115 cm³/mol. The summed E-state index contributed by atoms with van der Waals surface area (Å²) >= 11 is 7.20. The SMILES string of the molecule is CC(C)[C@H](Nc1ccc(C(F)(F)F)cc1Cl)C(=O)Nc1nc(-c2ccc(F)cc2)cs1. The molecule has 0 radical (unpaired) electrons. The molecule has 164 valence electrons. The van der Waals surface area contributed by atoms with Crippen molar-refractivity contribution in [1.29, 1.82) is 0 Å². The van der Waals surface area contributed by atoms with Gasteiger partial charge in [-0.15, -0.1) is 11.3 Å². The maximum absolute atomic E-state index is 13.1. The molecule has 0 aliphatic heterocycles. The number of amides is 1. The summed E-state index contributed by atoms with van der Waals surface area (Å²) < 4.78 is 51.6. The van der Waals surface area contributed by atoms with E-state index in [0.717, 1.165) is 12.1 Å². The molecule has 31 heavy (non-hydrogen) atoms. The smallest absolute Gasteiger partial charge is 0.372 e. The minimum absolute atomic E-state index is 0.138. The molecular formula is C21H18ClF4N3OS. The van der Waals surface area contributed by atoms with E-state index >= 15 is 0 Å². The lowest BCUT2D eigenvalue weighted by atomic mass is 10.0. The van der Waals surface area contributed by atoms with Gasteiger partial charge in [0.25, 0.3) is 0 Å². The highest BCUT2D eigenvalue weighted by atomic mass is 35.5. The first-order valence-corrected chi connectivity index (χ1v) is 10.5. The number of benzene rings is 2. The summed E-state index contributed by atoms with van der Waals surface area (Å²) in [5, 5.41) is 7.56. The highest BCUT2D eigenvalue weighted by Crippen LogP contribution is 2.34. The lowest BCUT2D eigenvalue weighted by Crippen LogP contribution is -2.39. The second-order valence-corrected chi connectivity index (χ2v) is 8.36. The van der Waals surface area contributed by atoms with Crippen molar-refractivity contribution < 1.29 is 22.4 Å². The summed E-state index contributed by atoms with van der Waals surface area (Å²) in [6.07, 6.45) is -4.51. The molecule has 0 bridgehead atoms. The third kappa shape index (κ3) is 5.74. The van der Waals surface area contributed by atoms with Crippen LogP contribution in [0.2, 0.25) is 5.02 Å². The standard InChI is InChI=1S/C21H18ClF4N3OS/c1-11(2)18(27-16-8-5-13(9-15(16)22)21(24,25)26)19(30)29-20-28-17(10-31-20)12-3-6-14(23)7-4-12/h3-11,18,27H,1-2H3,(H,28,29,30)/t18-/m0/s1. The minimum Gasteiger partial charge on any atom is -0.372 e. The number of aromatic nitrogens is 1. The molecule has 10 heteroatoms. The van der Waals surface area contributed by atoms with Crippen molar-refractivity contribution in [2.75, 3.05) is 10.6 Å². The Morgan fingerprint density at radius 2 is 1.81 bits per heavy atom. The van der Waals surface area contributed by atoms with Gasteiger partial charge < -0.3 is 10.6 Å². The van der Waals surface area contributed by atoms with Crippen LogP contribution in [0.25, 0.3) is 11.3 Å². The van der Waals surface area contributed by atoms with Crippen molar-refractivity contribution in [1.82, 2.24) is 4.98 Å². The van der Waals surface area contributed by atoms with Crippen molar-refractivity contribution in [2.45, 2.75) is 26.1 Å². The van der Waals surface area contributed by atoms with Crippen LogP contribution in [0.5, 0.6) is 0 Å². The lowest BCUT2D eigenvalue weighted by Gasteiger charge is -2.23.